The van der Waals surface area contributed by atoms with Crippen molar-refractivity contribution in [3.05, 3.63) is 47.3 Å². The van der Waals surface area contributed by atoms with Crippen LogP contribution in [0.4, 0.5) is 4.39 Å². The van der Waals surface area contributed by atoms with E-state index in [0.29, 0.717) is 25.1 Å². The molecule has 0 aromatic heterocycles. The number of hydrogen-bond acceptors (Lipinski definition) is 4. The number of carboxylic acid groups (broad SMARTS) is 1. The first kappa shape index (κ1) is 17.2. The lowest BCUT2D eigenvalue weighted by Crippen LogP contribution is -2.42. The Labute approximate surface area is 145 Å². The standard InChI is InChI=1S/C18H20FNO3S/c19-14-5-3-11(4-6-14)17(18(23)12-1-2-12)20-8-7-15(24)13(10-20)9-16(21)22/h3-6,9,12,15,17,24H,1-2,7-8,10H2,(H,21,22)/b13-9+/t15-,17-/m0/s1. The van der Waals surface area contributed by atoms with Crippen molar-refractivity contribution in [2.24, 2.45) is 5.92 Å². The predicted molar refractivity (Wildman–Crippen MR) is 91.6 cm³/mol. The van der Waals surface area contributed by atoms with E-state index in [1.54, 1.807) is 12.1 Å². The molecule has 2 aliphatic rings. The summed E-state index contributed by atoms with van der Waals surface area (Å²) in [6, 6.07) is 5.57. The fourth-order valence-electron chi connectivity index (χ4n) is 3.20. The zero-order valence-corrected chi connectivity index (χ0v) is 14.1. The molecule has 1 aliphatic heterocycles. The molecule has 1 saturated carbocycles. The Morgan fingerprint density at radius 2 is 1.92 bits per heavy atom. The average Bonchev–Trinajstić information content (AvgIpc) is 3.37. The van der Waals surface area contributed by atoms with Gasteiger partial charge in [-0.1, -0.05) is 12.1 Å². The molecular formula is C18H20FNO3S. The van der Waals surface area contributed by atoms with Gasteiger partial charge < -0.3 is 5.11 Å². The number of thiol groups is 1. The van der Waals surface area contributed by atoms with Crippen molar-refractivity contribution in [1.82, 2.24) is 4.90 Å². The number of halogens is 1. The van der Waals surface area contributed by atoms with E-state index in [1.807, 2.05) is 4.90 Å². The third-order valence-corrected chi connectivity index (χ3v) is 5.20. The zero-order chi connectivity index (χ0) is 17.3. The summed E-state index contributed by atoms with van der Waals surface area (Å²) in [5, 5.41) is 8.92. The largest absolute Gasteiger partial charge is 0.478 e. The Balaban J connectivity index is 1.89. The lowest BCUT2D eigenvalue weighted by molar-refractivity contribution is -0.131. The van der Waals surface area contributed by atoms with Crippen molar-refractivity contribution in [3.63, 3.8) is 0 Å². The number of likely N-dealkylation sites (tertiary alicyclic amines) is 1. The minimum Gasteiger partial charge on any atom is -0.478 e. The maximum Gasteiger partial charge on any atom is 0.328 e. The van der Waals surface area contributed by atoms with Crippen molar-refractivity contribution in [2.45, 2.75) is 30.6 Å². The molecule has 3 rings (SSSR count). The van der Waals surface area contributed by atoms with Crippen molar-refractivity contribution in [2.75, 3.05) is 13.1 Å². The summed E-state index contributed by atoms with van der Waals surface area (Å²) in [7, 11) is 0. The van der Waals surface area contributed by atoms with Gasteiger partial charge in [0.1, 0.15) is 5.82 Å². The van der Waals surface area contributed by atoms with E-state index < -0.39 is 12.0 Å². The van der Waals surface area contributed by atoms with Crippen LogP contribution in [0.25, 0.3) is 0 Å². The third kappa shape index (κ3) is 3.87. The second-order valence-electron chi connectivity index (χ2n) is 6.46. The lowest BCUT2D eigenvalue weighted by Gasteiger charge is -2.37. The fourth-order valence-corrected chi connectivity index (χ4v) is 3.48. The summed E-state index contributed by atoms with van der Waals surface area (Å²) < 4.78 is 13.2. The Bertz CT molecular complexity index is 669. The molecule has 4 nitrogen and oxygen atoms in total. The Morgan fingerprint density at radius 3 is 2.50 bits per heavy atom. The number of ketones is 1. The number of benzene rings is 1. The van der Waals surface area contributed by atoms with Crippen LogP contribution in [0, 0.1) is 11.7 Å². The summed E-state index contributed by atoms with van der Waals surface area (Å²) in [4.78, 5) is 25.8. The Morgan fingerprint density at radius 1 is 1.25 bits per heavy atom. The molecule has 1 saturated heterocycles. The van der Waals surface area contributed by atoms with Gasteiger partial charge in [-0.05, 0) is 42.5 Å². The molecule has 0 unspecified atom stereocenters. The number of rotatable bonds is 5. The van der Waals surface area contributed by atoms with Crippen LogP contribution in [-0.4, -0.2) is 40.1 Å². The molecule has 0 spiro atoms. The average molecular weight is 349 g/mol. The number of aliphatic carboxylic acids is 1. The first-order valence-electron chi connectivity index (χ1n) is 8.10. The molecule has 0 bridgehead atoms. The van der Waals surface area contributed by atoms with Crippen molar-refractivity contribution >= 4 is 24.4 Å². The molecule has 6 heteroatoms. The van der Waals surface area contributed by atoms with Crippen molar-refractivity contribution in [1.29, 1.82) is 0 Å². The van der Waals surface area contributed by atoms with Crippen molar-refractivity contribution < 1.29 is 19.1 Å². The van der Waals surface area contributed by atoms with Crippen LogP contribution >= 0.6 is 12.6 Å². The molecule has 2 atom stereocenters. The first-order chi connectivity index (χ1) is 11.5. The number of carbonyl (C=O) groups excluding carboxylic acids is 1. The van der Waals surface area contributed by atoms with E-state index >= 15 is 0 Å². The highest BCUT2D eigenvalue weighted by molar-refractivity contribution is 7.81. The number of hydrogen-bond donors (Lipinski definition) is 2. The van der Waals surface area contributed by atoms with Crippen LogP contribution in [0.1, 0.15) is 30.9 Å². The van der Waals surface area contributed by atoms with Gasteiger partial charge in [0, 0.05) is 30.3 Å². The van der Waals surface area contributed by atoms with Gasteiger partial charge in [-0.25, -0.2) is 9.18 Å². The first-order valence-corrected chi connectivity index (χ1v) is 8.62. The number of carboxylic acids is 1. The highest BCUT2D eigenvalue weighted by Crippen LogP contribution is 2.38. The van der Waals surface area contributed by atoms with Gasteiger partial charge in [0.2, 0.25) is 0 Å². The van der Waals surface area contributed by atoms with E-state index in [0.717, 1.165) is 18.4 Å². The second kappa shape index (κ2) is 7.07. The number of nitrogens with zero attached hydrogens (tertiary/aromatic N) is 1. The molecule has 1 N–H and O–H groups in total. The Hall–Kier alpha value is -1.66. The van der Waals surface area contributed by atoms with Gasteiger partial charge >= 0.3 is 5.97 Å². The quantitative estimate of drug-likeness (QED) is 0.634. The van der Waals surface area contributed by atoms with E-state index in [9.17, 15) is 14.0 Å². The van der Waals surface area contributed by atoms with Gasteiger partial charge in [-0.2, -0.15) is 12.6 Å². The number of carbonyl (C=O) groups is 2. The molecule has 2 fully saturated rings. The normalized spacial score (nSPS) is 24.8. The van der Waals surface area contributed by atoms with E-state index in [4.69, 9.17) is 5.11 Å². The fraction of sp³-hybridized carbons (Fsp3) is 0.444. The minimum atomic E-state index is -1.00. The smallest absolute Gasteiger partial charge is 0.328 e. The van der Waals surface area contributed by atoms with Gasteiger partial charge in [-0.3, -0.25) is 9.69 Å². The SMILES string of the molecule is O=C(O)/C=C1\CN([C@H](C(=O)C2CC2)c2ccc(F)cc2)CC[C@@H]1S. The third-order valence-electron chi connectivity index (χ3n) is 4.61. The zero-order valence-electron chi connectivity index (χ0n) is 13.2. The topological polar surface area (TPSA) is 57.6 Å². The monoisotopic (exact) mass is 349 g/mol. The molecule has 1 aliphatic carbocycles. The number of Topliss-reactive ketones (excluding diaryl/α,β-unsaturated/α-hetero) is 1. The second-order valence-corrected chi connectivity index (χ2v) is 7.09. The van der Waals surface area contributed by atoms with E-state index in [2.05, 4.69) is 12.6 Å². The van der Waals surface area contributed by atoms with Crippen LogP contribution in [0.15, 0.2) is 35.9 Å². The molecule has 128 valence electrons. The van der Waals surface area contributed by atoms with Crippen LogP contribution in [-0.2, 0) is 9.59 Å². The summed E-state index contributed by atoms with van der Waals surface area (Å²) in [5.74, 6) is -1.12. The molecule has 0 radical (unpaired) electrons. The van der Waals surface area contributed by atoms with Crippen LogP contribution < -0.4 is 0 Å². The summed E-state index contributed by atoms with van der Waals surface area (Å²) in [5.41, 5.74) is 1.47. The summed E-state index contributed by atoms with van der Waals surface area (Å²) in [6.07, 6.45) is 3.67. The lowest BCUT2D eigenvalue weighted by atomic mass is 9.94. The van der Waals surface area contributed by atoms with Gasteiger partial charge in [0.15, 0.2) is 5.78 Å². The molecule has 24 heavy (non-hydrogen) atoms. The summed E-state index contributed by atoms with van der Waals surface area (Å²) >= 11 is 4.45. The molecule has 1 aromatic rings. The molecule has 0 amide bonds. The van der Waals surface area contributed by atoms with Crippen LogP contribution in [0.2, 0.25) is 0 Å². The van der Waals surface area contributed by atoms with Gasteiger partial charge in [-0.15, -0.1) is 0 Å². The maximum atomic E-state index is 13.2. The van der Waals surface area contributed by atoms with E-state index in [1.165, 1.54) is 18.2 Å². The van der Waals surface area contributed by atoms with Gasteiger partial charge in [0.05, 0.1) is 6.04 Å². The molecule has 1 heterocycles. The molecular weight excluding hydrogens is 329 g/mol. The van der Waals surface area contributed by atoms with Crippen LogP contribution in [0.5, 0.6) is 0 Å². The highest BCUT2D eigenvalue weighted by Gasteiger charge is 2.39. The van der Waals surface area contributed by atoms with Crippen LogP contribution in [0.3, 0.4) is 0 Å². The Kier molecular flexibility index (Phi) is 5.06. The maximum absolute atomic E-state index is 13.2. The van der Waals surface area contributed by atoms with Gasteiger partial charge in [0.25, 0.3) is 0 Å². The highest BCUT2D eigenvalue weighted by atomic mass is 32.1. The van der Waals surface area contributed by atoms with Crippen molar-refractivity contribution in [3.8, 4) is 0 Å². The van der Waals surface area contributed by atoms with E-state index in [-0.39, 0.29) is 22.8 Å². The number of piperidine rings is 1. The minimum absolute atomic E-state index is 0.0701. The predicted octanol–water partition coefficient (Wildman–Crippen LogP) is 2.86. The summed E-state index contributed by atoms with van der Waals surface area (Å²) in [6.45, 7) is 1.05. The molecule has 1 aromatic carbocycles.